The molecule has 0 aliphatic carbocycles. The molecule has 0 bridgehead atoms. The van der Waals surface area contributed by atoms with E-state index in [2.05, 4.69) is 42.6 Å². The zero-order chi connectivity index (χ0) is 22.1. The second-order valence-electron chi connectivity index (χ2n) is 7.98. The summed E-state index contributed by atoms with van der Waals surface area (Å²) in [7, 11) is 0. The Kier molecular flexibility index (Phi) is 9.44. The Hall–Kier alpha value is -2.27. The van der Waals surface area contributed by atoms with Gasteiger partial charge in [-0.2, -0.15) is 0 Å². The molecule has 0 saturated carbocycles. The maximum absolute atomic E-state index is 13.1. The monoisotopic (exact) mass is 426 g/mol. The molecule has 0 radical (unpaired) electrons. The van der Waals surface area contributed by atoms with Crippen molar-refractivity contribution >= 4 is 23.6 Å². The summed E-state index contributed by atoms with van der Waals surface area (Å²) in [4.78, 5) is 27.5. The summed E-state index contributed by atoms with van der Waals surface area (Å²) in [5.74, 6) is 1.01. The quantitative estimate of drug-likeness (QED) is 0.590. The van der Waals surface area contributed by atoms with Crippen molar-refractivity contribution in [2.75, 3.05) is 5.75 Å². The molecular formula is C25H34N2O2S. The SMILES string of the molecule is CC[C@@H](C)NC(=O)[C@H](C)N(Cc1cccc(C)c1)C(=O)CSCc1ccc(C)cc1. The molecule has 2 rings (SSSR count). The van der Waals surface area contributed by atoms with Gasteiger partial charge in [0.05, 0.1) is 5.75 Å². The number of nitrogens with zero attached hydrogens (tertiary/aromatic N) is 1. The largest absolute Gasteiger partial charge is 0.352 e. The van der Waals surface area contributed by atoms with Crippen molar-refractivity contribution in [2.45, 2.75) is 65.4 Å². The molecule has 0 aliphatic rings. The molecule has 162 valence electrons. The van der Waals surface area contributed by atoms with Gasteiger partial charge in [-0.3, -0.25) is 9.59 Å². The van der Waals surface area contributed by atoms with Gasteiger partial charge in [0.2, 0.25) is 11.8 Å². The maximum Gasteiger partial charge on any atom is 0.242 e. The van der Waals surface area contributed by atoms with Crippen LogP contribution in [-0.2, 0) is 21.9 Å². The first-order chi connectivity index (χ1) is 14.3. The lowest BCUT2D eigenvalue weighted by molar-refractivity contribution is -0.138. The minimum atomic E-state index is -0.521. The van der Waals surface area contributed by atoms with Crippen LogP contribution in [0.4, 0.5) is 0 Å². The van der Waals surface area contributed by atoms with E-state index < -0.39 is 6.04 Å². The van der Waals surface area contributed by atoms with Gasteiger partial charge in [0, 0.05) is 18.3 Å². The zero-order valence-electron chi connectivity index (χ0n) is 18.8. The highest BCUT2D eigenvalue weighted by Gasteiger charge is 2.26. The number of hydrogen-bond acceptors (Lipinski definition) is 3. The van der Waals surface area contributed by atoms with E-state index in [1.54, 1.807) is 16.7 Å². The average Bonchev–Trinajstić information content (AvgIpc) is 2.72. The van der Waals surface area contributed by atoms with E-state index in [0.717, 1.165) is 23.3 Å². The van der Waals surface area contributed by atoms with Gasteiger partial charge in [-0.1, -0.05) is 66.6 Å². The van der Waals surface area contributed by atoms with Crippen LogP contribution in [0.3, 0.4) is 0 Å². The highest BCUT2D eigenvalue weighted by molar-refractivity contribution is 7.99. The van der Waals surface area contributed by atoms with E-state index in [9.17, 15) is 9.59 Å². The summed E-state index contributed by atoms with van der Waals surface area (Å²) in [5.41, 5.74) is 4.61. The van der Waals surface area contributed by atoms with E-state index in [1.807, 2.05) is 45.9 Å². The third-order valence-corrected chi connectivity index (χ3v) is 6.21. The second kappa shape index (κ2) is 11.8. The minimum Gasteiger partial charge on any atom is -0.352 e. The maximum atomic E-state index is 13.1. The van der Waals surface area contributed by atoms with E-state index in [-0.39, 0.29) is 17.9 Å². The number of benzene rings is 2. The standard InChI is InChI=1S/C25H34N2O2S/c1-6-20(4)26-25(29)21(5)27(15-23-9-7-8-19(3)14-23)24(28)17-30-16-22-12-10-18(2)11-13-22/h7-14,20-21H,6,15-17H2,1-5H3,(H,26,29)/t20-,21+/m1/s1. The van der Waals surface area contributed by atoms with Gasteiger partial charge in [0.25, 0.3) is 0 Å². The number of nitrogens with one attached hydrogen (secondary N) is 1. The van der Waals surface area contributed by atoms with Gasteiger partial charge >= 0.3 is 0 Å². The van der Waals surface area contributed by atoms with Gasteiger partial charge in [0.1, 0.15) is 6.04 Å². The average molecular weight is 427 g/mol. The number of carbonyl (C=O) groups is 2. The minimum absolute atomic E-state index is 0.0135. The molecule has 0 aliphatic heterocycles. The fourth-order valence-electron chi connectivity index (χ4n) is 3.08. The molecule has 2 amide bonds. The molecular weight excluding hydrogens is 392 g/mol. The summed E-state index contributed by atoms with van der Waals surface area (Å²) < 4.78 is 0. The predicted octanol–water partition coefficient (Wildman–Crippen LogP) is 4.87. The smallest absolute Gasteiger partial charge is 0.242 e. The lowest BCUT2D eigenvalue weighted by Crippen LogP contribution is -2.50. The summed E-state index contributed by atoms with van der Waals surface area (Å²) in [6.45, 7) is 10.4. The number of rotatable bonds is 10. The first-order valence-corrected chi connectivity index (χ1v) is 11.7. The lowest BCUT2D eigenvalue weighted by atomic mass is 10.1. The van der Waals surface area contributed by atoms with Crippen LogP contribution in [0.25, 0.3) is 0 Å². The van der Waals surface area contributed by atoms with Gasteiger partial charge in [-0.05, 0) is 45.2 Å². The van der Waals surface area contributed by atoms with Crippen LogP contribution in [0, 0.1) is 13.8 Å². The number of hydrogen-bond donors (Lipinski definition) is 1. The van der Waals surface area contributed by atoms with Crippen LogP contribution in [-0.4, -0.2) is 34.6 Å². The second-order valence-corrected chi connectivity index (χ2v) is 8.97. The highest BCUT2D eigenvalue weighted by Crippen LogP contribution is 2.17. The lowest BCUT2D eigenvalue weighted by Gasteiger charge is -2.29. The van der Waals surface area contributed by atoms with Crippen LogP contribution >= 0.6 is 11.8 Å². The number of amides is 2. The Morgan fingerprint density at radius 1 is 1.00 bits per heavy atom. The third kappa shape index (κ3) is 7.52. The Labute approximate surface area is 185 Å². The predicted molar refractivity (Wildman–Crippen MR) is 126 cm³/mol. The normalized spacial score (nSPS) is 12.8. The van der Waals surface area contributed by atoms with Crippen LogP contribution in [0.5, 0.6) is 0 Å². The summed E-state index contributed by atoms with van der Waals surface area (Å²) in [6, 6.07) is 16.0. The molecule has 0 spiro atoms. The molecule has 2 aromatic carbocycles. The number of thioether (sulfide) groups is 1. The van der Waals surface area contributed by atoms with E-state index in [0.29, 0.717) is 12.3 Å². The number of carbonyl (C=O) groups excluding carboxylic acids is 2. The highest BCUT2D eigenvalue weighted by atomic mass is 32.2. The molecule has 2 atom stereocenters. The summed E-state index contributed by atoms with van der Waals surface area (Å²) in [5, 5.41) is 3.01. The van der Waals surface area contributed by atoms with Gasteiger partial charge in [0.15, 0.2) is 0 Å². The molecule has 4 nitrogen and oxygen atoms in total. The summed E-state index contributed by atoms with van der Waals surface area (Å²) in [6.07, 6.45) is 0.858. The van der Waals surface area contributed by atoms with Crippen molar-refractivity contribution in [1.82, 2.24) is 10.2 Å². The van der Waals surface area contributed by atoms with Crippen molar-refractivity contribution in [2.24, 2.45) is 0 Å². The first kappa shape index (κ1) is 24.0. The molecule has 2 aromatic rings. The van der Waals surface area contributed by atoms with E-state index in [4.69, 9.17) is 0 Å². The van der Waals surface area contributed by atoms with Gasteiger partial charge in [-0.25, -0.2) is 0 Å². The molecule has 0 unspecified atom stereocenters. The molecule has 0 heterocycles. The molecule has 1 N–H and O–H groups in total. The molecule has 30 heavy (non-hydrogen) atoms. The van der Waals surface area contributed by atoms with E-state index >= 15 is 0 Å². The zero-order valence-corrected chi connectivity index (χ0v) is 19.6. The van der Waals surface area contributed by atoms with Crippen LogP contribution in [0.15, 0.2) is 48.5 Å². The topological polar surface area (TPSA) is 49.4 Å². The van der Waals surface area contributed by atoms with Crippen molar-refractivity contribution in [1.29, 1.82) is 0 Å². The van der Waals surface area contributed by atoms with Crippen LogP contribution < -0.4 is 5.32 Å². The van der Waals surface area contributed by atoms with Crippen molar-refractivity contribution in [3.8, 4) is 0 Å². The molecule has 5 heteroatoms. The Balaban J connectivity index is 2.07. The molecule has 0 saturated heterocycles. The molecule has 0 aromatic heterocycles. The van der Waals surface area contributed by atoms with Gasteiger partial charge in [-0.15, -0.1) is 11.8 Å². The van der Waals surface area contributed by atoms with Gasteiger partial charge < -0.3 is 10.2 Å². The van der Waals surface area contributed by atoms with E-state index in [1.165, 1.54) is 11.1 Å². The van der Waals surface area contributed by atoms with Crippen molar-refractivity contribution in [3.05, 3.63) is 70.8 Å². The van der Waals surface area contributed by atoms with Crippen LogP contribution in [0.2, 0.25) is 0 Å². The molecule has 0 fully saturated rings. The fourth-order valence-corrected chi connectivity index (χ4v) is 3.95. The third-order valence-electron chi connectivity index (χ3n) is 5.22. The van der Waals surface area contributed by atoms with Crippen molar-refractivity contribution < 1.29 is 9.59 Å². The Morgan fingerprint density at radius 3 is 2.33 bits per heavy atom. The fraction of sp³-hybridized carbons (Fsp3) is 0.440. The van der Waals surface area contributed by atoms with Crippen molar-refractivity contribution in [3.63, 3.8) is 0 Å². The Morgan fingerprint density at radius 2 is 1.70 bits per heavy atom. The first-order valence-electron chi connectivity index (χ1n) is 10.6. The Bertz CT molecular complexity index is 835. The van der Waals surface area contributed by atoms with Crippen LogP contribution in [0.1, 0.15) is 49.4 Å². The summed E-state index contributed by atoms with van der Waals surface area (Å²) >= 11 is 1.59. The number of aryl methyl sites for hydroxylation is 2.